The van der Waals surface area contributed by atoms with Crippen LogP contribution in [0.3, 0.4) is 0 Å². The van der Waals surface area contributed by atoms with Crippen LogP contribution in [0.2, 0.25) is 0 Å². The summed E-state index contributed by atoms with van der Waals surface area (Å²) in [6.45, 7) is 5.83. The zero-order valence-electron chi connectivity index (χ0n) is 17.3. The van der Waals surface area contributed by atoms with Gasteiger partial charge < -0.3 is 9.84 Å². The summed E-state index contributed by atoms with van der Waals surface area (Å²) < 4.78 is 4.84. The van der Waals surface area contributed by atoms with Crippen LogP contribution in [0.25, 0.3) is 0 Å². The van der Waals surface area contributed by atoms with Crippen molar-refractivity contribution in [2.24, 2.45) is 5.92 Å². The molecule has 0 bridgehead atoms. The molecular weight excluding hydrogens is 340 g/mol. The van der Waals surface area contributed by atoms with E-state index in [4.69, 9.17) is 4.74 Å². The van der Waals surface area contributed by atoms with Gasteiger partial charge in [0.2, 0.25) is 0 Å². The number of allylic oxidation sites excluding steroid dienone is 1. The molecule has 1 atom stereocenters. The Hall–Kier alpha value is -1.58. The SMILES string of the molecule is C=CCOC(=O)CC(/C=C/CCCCCCCCCCCCCC)C(=O)O. The van der Waals surface area contributed by atoms with Crippen LogP contribution in [0.1, 0.15) is 96.8 Å². The molecule has 156 valence electrons. The van der Waals surface area contributed by atoms with Crippen LogP contribution in [0, 0.1) is 5.92 Å². The number of carboxylic acids is 1. The first kappa shape index (κ1) is 25.4. The van der Waals surface area contributed by atoms with Crippen LogP contribution in [0.15, 0.2) is 24.8 Å². The van der Waals surface area contributed by atoms with Crippen LogP contribution in [-0.4, -0.2) is 23.7 Å². The van der Waals surface area contributed by atoms with Crippen molar-refractivity contribution in [3.05, 3.63) is 24.8 Å². The molecule has 0 aliphatic heterocycles. The Kier molecular flexibility index (Phi) is 18.1. The molecule has 0 fully saturated rings. The highest BCUT2D eigenvalue weighted by molar-refractivity contribution is 5.80. The number of hydrogen-bond acceptors (Lipinski definition) is 3. The van der Waals surface area contributed by atoms with E-state index in [0.29, 0.717) is 0 Å². The number of rotatable bonds is 19. The fourth-order valence-corrected chi connectivity index (χ4v) is 2.99. The lowest BCUT2D eigenvalue weighted by Crippen LogP contribution is -2.17. The zero-order valence-corrected chi connectivity index (χ0v) is 17.3. The molecule has 0 spiro atoms. The molecule has 1 unspecified atom stereocenters. The lowest BCUT2D eigenvalue weighted by Gasteiger charge is -2.07. The summed E-state index contributed by atoms with van der Waals surface area (Å²) in [6.07, 6.45) is 21.4. The first-order valence-corrected chi connectivity index (χ1v) is 10.8. The molecule has 0 aromatic heterocycles. The van der Waals surface area contributed by atoms with Gasteiger partial charge in [-0.1, -0.05) is 102 Å². The Balaban J connectivity index is 3.61. The summed E-state index contributed by atoms with van der Waals surface area (Å²) in [4.78, 5) is 22.7. The molecule has 4 nitrogen and oxygen atoms in total. The quantitative estimate of drug-likeness (QED) is 0.159. The third-order valence-corrected chi connectivity index (χ3v) is 4.66. The maximum atomic E-state index is 11.5. The van der Waals surface area contributed by atoms with Gasteiger partial charge in [-0.15, -0.1) is 0 Å². The predicted octanol–water partition coefficient (Wildman–Crippen LogP) is 6.45. The zero-order chi connectivity index (χ0) is 20.2. The maximum absolute atomic E-state index is 11.5. The largest absolute Gasteiger partial charge is 0.481 e. The number of carboxylic acid groups (broad SMARTS) is 1. The molecule has 0 amide bonds. The van der Waals surface area contributed by atoms with Crippen molar-refractivity contribution < 1.29 is 19.4 Å². The van der Waals surface area contributed by atoms with Gasteiger partial charge in [0.05, 0.1) is 12.3 Å². The second-order valence-electron chi connectivity index (χ2n) is 7.23. The van der Waals surface area contributed by atoms with Crippen LogP contribution in [0.4, 0.5) is 0 Å². The smallest absolute Gasteiger partial charge is 0.310 e. The van der Waals surface area contributed by atoms with Crippen molar-refractivity contribution in [3.8, 4) is 0 Å². The van der Waals surface area contributed by atoms with Crippen LogP contribution < -0.4 is 0 Å². The Bertz CT molecular complexity index is 415. The predicted molar refractivity (Wildman–Crippen MR) is 112 cm³/mol. The lowest BCUT2D eigenvalue weighted by molar-refractivity contribution is -0.149. The minimum atomic E-state index is -0.989. The minimum Gasteiger partial charge on any atom is -0.481 e. The molecule has 0 saturated carbocycles. The number of ether oxygens (including phenoxy) is 1. The third kappa shape index (κ3) is 17.6. The van der Waals surface area contributed by atoms with Gasteiger partial charge in [-0.05, 0) is 12.8 Å². The van der Waals surface area contributed by atoms with Gasteiger partial charge in [0, 0.05) is 0 Å². The molecule has 0 aliphatic rings. The number of carbonyl (C=O) groups excluding carboxylic acids is 1. The van der Waals surface area contributed by atoms with E-state index in [1.807, 2.05) is 6.08 Å². The van der Waals surface area contributed by atoms with E-state index in [1.165, 1.54) is 76.7 Å². The highest BCUT2D eigenvalue weighted by Gasteiger charge is 2.18. The van der Waals surface area contributed by atoms with Gasteiger partial charge in [0.25, 0.3) is 0 Å². The second-order valence-corrected chi connectivity index (χ2v) is 7.23. The normalized spacial score (nSPS) is 12.2. The molecule has 0 aliphatic carbocycles. The fraction of sp³-hybridized carbons (Fsp3) is 0.739. The number of esters is 1. The van der Waals surface area contributed by atoms with E-state index in [-0.39, 0.29) is 13.0 Å². The summed E-state index contributed by atoms with van der Waals surface area (Å²) >= 11 is 0. The summed E-state index contributed by atoms with van der Waals surface area (Å²) in [7, 11) is 0. The molecule has 4 heteroatoms. The molecule has 0 aromatic carbocycles. The summed E-state index contributed by atoms with van der Waals surface area (Å²) in [6, 6.07) is 0. The molecule has 0 saturated heterocycles. The van der Waals surface area contributed by atoms with Gasteiger partial charge in [-0.2, -0.15) is 0 Å². The molecule has 0 heterocycles. The first-order chi connectivity index (χ1) is 13.1. The maximum Gasteiger partial charge on any atom is 0.310 e. The van der Waals surface area contributed by atoms with Gasteiger partial charge in [0.1, 0.15) is 6.61 Å². The van der Waals surface area contributed by atoms with Crippen molar-refractivity contribution in [1.82, 2.24) is 0 Å². The van der Waals surface area contributed by atoms with E-state index in [2.05, 4.69) is 13.5 Å². The molecule has 0 rings (SSSR count). The van der Waals surface area contributed by atoms with Crippen molar-refractivity contribution >= 4 is 11.9 Å². The highest BCUT2D eigenvalue weighted by Crippen LogP contribution is 2.13. The molecule has 1 N–H and O–H groups in total. The average molecular weight is 381 g/mol. The lowest BCUT2D eigenvalue weighted by atomic mass is 10.0. The fourth-order valence-electron chi connectivity index (χ4n) is 2.99. The van der Waals surface area contributed by atoms with Gasteiger partial charge in [-0.25, -0.2) is 0 Å². The summed E-state index contributed by atoms with van der Waals surface area (Å²) in [5.41, 5.74) is 0. The van der Waals surface area contributed by atoms with Crippen molar-refractivity contribution in [3.63, 3.8) is 0 Å². The Labute approximate surface area is 166 Å². The summed E-state index contributed by atoms with van der Waals surface area (Å²) in [5.74, 6) is -2.30. The number of carbonyl (C=O) groups is 2. The molecule has 27 heavy (non-hydrogen) atoms. The van der Waals surface area contributed by atoms with E-state index in [1.54, 1.807) is 6.08 Å². The molecular formula is C23H40O4. The number of aliphatic carboxylic acids is 1. The van der Waals surface area contributed by atoms with Crippen molar-refractivity contribution in [2.45, 2.75) is 96.8 Å². The van der Waals surface area contributed by atoms with Gasteiger partial charge in [-0.3, -0.25) is 9.59 Å². The average Bonchev–Trinajstić information content (AvgIpc) is 2.65. The highest BCUT2D eigenvalue weighted by atomic mass is 16.5. The topological polar surface area (TPSA) is 63.6 Å². The van der Waals surface area contributed by atoms with Gasteiger partial charge >= 0.3 is 11.9 Å². The van der Waals surface area contributed by atoms with E-state index >= 15 is 0 Å². The first-order valence-electron chi connectivity index (χ1n) is 10.8. The second kappa shape index (κ2) is 19.2. The standard InChI is InChI=1S/C23H40O4/c1-3-5-6-7-8-9-10-11-12-13-14-15-16-17-18-21(23(25)26)20-22(24)27-19-4-2/h4,17-18,21H,2-3,5-16,19-20H2,1H3,(H,25,26)/b18-17+. The van der Waals surface area contributed by atoms with E-state index in [9.17, 15) is 14.7 Å². The van der Waals surface area contributed by atoms with Crippen LogP contribution in [-0.2, 0) is 14.3 Å². The third-order valence-electron chi connectivity index (χ3n) is 4.66. The molecule has 0 radical (unpaired) electrons. The minimum absolute atomic E-state index is 0.119. The number of unbranched alkanes of at least 4 members (excludes halogenated alkanes) is 12. The summed E-state index contributed by atoms with van der Waals surface area (Å²) in [5, 5.41) is 9.17. The van der Waals surface area contributed by atoms with Crippen molar-refractivity contribution in [2.75, 3.05) is 6.61 Å². The monoisotopic (exact) mass is 380 g/mol. The molecule has 0 aromatic rings. The van der Waals surface area contributed by atoms with Crippen LogP contribution in [0.5, 0.6) is 0 Å². The van der Waals surface area contributed by atoms with E-state index < -0.39 is 17.9 Å². The van der Waals surface area contributed by atoms with E-state index in [0.717, 1.165) is 12.8 Å². The van der Waals surface area contributed by atoms with Crippen LogP contribution >= 0.6 is 0 Å². The van der Waals surface area contributed by atoms with Crippen molar-refractivity contribution in [1.29, 1.82) is 0 Å². The Morgan fingerprint density at radius 3 is 1.93 bits per heavy atom. The number of hydrogen-bond donors (Lipinski definition) is 1. The Morgan fingerprint density at radius 2 is 1.44 bits per heavy atom. The Morgan fingerprint density at radius 1 is 0.926 bits per heavy atom. The van der Waals surface area contributed by atoms with Gasteiger partial charge in [0.15, 0.2) is 0 Å².